The van der Waals surface area contributed by atoms with Gasteiger partial charge >= 0.3 is 0 Å². The summed E-state index contributed by atoms with van der Waals surface area (Å²) in [5.41, 5.74) is 4.86. The maximum absolute atomic E-state index is 5.78. The van der Waals surface area contributed by atoms with Gasteiger partial charge in [0.15, 0.2) is 0 Å². The summed E-state index contributed by atoms with van der Waals surface area (Å²) in [6.07, 6.45) is 0. The monoisotopic (exact) mass is 255 g/mol. The van der Waals surface area contributed by atoms with Crippen molar-refractivity contribution < 1.29 is 4.74 Å². The Bertz CT molecular complexity index is 549. The van der Waals surface area contributed by atoms with Gasteiger partial charge in [0.2, 0.25) is 0 Å². The molecule has 0 amide bonds. The second-order valence-electron chi connectivity index (χ2n) is 4.91. The Balaban J connectivity index is 1.81. The van der Waals surface area contributed by atoms with Gasteiger partial charge in [0.25, 0.3) is 0 Å². The van der Waals surface area contributed by atoms with Gasteiger partial charge < -0.3 is 10.1 Å². The highest BCUT2D eigenvalue weighted by Crippen LogP contribution is 2.18. The fourth-order valence-electron chi connectivity index (χ4n) is 2.07. The average Bonchev–Trinajstić information content (AvgIpc) is 2.37. The van der Waals surface area contributed by atoms with Crippen molar-refractivity contribution in [2.24, 2.45) is 0 Å². The first-order valence-corrected chi connectivity index (χ1v) is 6.66. The van der Waals surface area contributed by atoms with Crippen LogP contribution in [-0.4, -0.2) is 13.2 Å². The minimum absolute atomic E-state index is 0.665. The summed E-state index contributed by atoms with van der Waals surface area (Å²) in [6, 6.07) is 14.6. The molecule has 2 nitrogen and oxygen atoms in total. The Morgan fingerprint density at radius 3 is 2.47 bits per heavy atom. The summed E-state index contributed by atoms with van der Waals surface area (Å²) < 4.78 is 5.78. The lowest BCUT2D eigenvalue weighted by atomic mass is 10.1. The molecular formula is C17H21NO. The lowest BCUT2D eigenvalue weighted by molar-refractivity contribution is 0.330. The molecule has 0 aliphatic rings. The Morgan fingerprint density at radius 2 is 1.74 bits per heavy atom. The third-order valence-electron chi connectivity index (χ3n) is 3.04. The minimum Gasteiger partial charge on any atom is -0.491 e. The highest BCUT2D eigenvalue weighted by atomic mass is 16.5. The van der Waals surface area contributed by atoms with Crippen molar-refractivity contribution in [1.29, 1.82) is 0 Å². The van der Waals surface area contributed by atoms with E-state index in [1.165, 1.54) is 16.7 Å². The topological polar surface area (TPSA) is 21.3 Å². The van der Waals surface area contributed by atoms with Gasteiger partial charge in [-0.3, -0.25) is 0 Å². The second kappa shape index (κ2) is 6.28. The quantitative estimate of drug-likeness (QED) is 0.812. The molecule has 0 heterocycles. The van der Waals surface area contributed by atoms with Gasteiger partial charge in [0, 0.05) is 12.2 Å². The van der Waals surface area contributed by atoms with Gasteiger partial charge in [-0.1, -0.05) is 29.8 Å². The zero-order chi connectivity index (χ0) is 13.7. The van der Waals surface area contributed by atoms with E-state index in [1.807, 2.05) is 6.07 Å². The van der Waals surface area contributed by atoms with E-state index in [1.54, 1.807) is 0 Å². The van der Waals surface area contributed by atoms with E-state index in [0.29, 0.717) is 6.61 Å². The first-order valence-electron chi connectivity index (χ1n) is 6.66. The van der Waals surface area contributed by atoms with E-state index in [0.717, 1.165) is 18.0 Å². The molecule has 100 valence electrons. The molecule has 0 unspecified atom stereocenters. The molecule has 19 heavy (non-hydrogen) atoms. The molecule has 0 aliphatic carbocycles. The Hall–Kier alpha value is -1.96. The van der Waals surface area contributed by atoms with Gasteiger partial charge in [0.05, 0.1) is 0 Å². The second-order valence-corrected chi connectivity index (χ2v) is 4.91. The number of anilines is 1. The molecule has 0 aromatic heterocycles. The van der Waals surface area contributed by atoms with Crippen molar-refractivity contribution in [1.82, 2.24) is 0 Å². The lowest BCUT2D eigenvalue weighted by Crippen LogP contribution is -2.12. The van der Waals surface area contributed by atoms with Crippen LogP contribution in [0.3, 0.4) is 0 Å². The van der Waals surface area contributed by atoms with E-state index in [-0.39, 0.29) is 0 Å². The number of nitrogens with one attached hydrogen (secondary N) is 1. The van der Waals surface area contributed by atoms with Crippen LogP contribution in [0.15, 0.2) is 42.5 Å². The largest absolute Gasteiger partial charge is 0.491 e. The fourth-order valence-corrected chi connectivity index (χ4v) is 2.07. The molecule has 2 aromatic carbocycles. The molecule has 0 atom stereocenters. The number of aryl methyl sites for hydroxylation is 3. The van der Waals surface area contributed by atoms with Crippen molar-refractivity contribution >= 4 is 5.69 Å². The van der Waals surface area contributed by atoms with Crippen LogP contribution in [0.5, 0.6) is 5.75 Å². The average molecular weight is 255 g/mol. The molecule has 2 rings (SSSR count). The van der Waals surface area contributed by atoms with Crippen LogP contribution in [0.25, 0.3) is 0 Å². The lowest BCUT2D eigenvalue weighted by Gasteiger charge is -2.11. The fraction of sp³-hybridized carbons (Fsp3) is 0.294. The summed E-state index contributed by atoms with van der Waals surface area (Å²) in [4.78, 5) is 0. The molecule has 2 aromatic rings. The number of hydrogen-bond acceptors (Lipinski definition) is 2. The van der Waals surface area contributed by atoms with Gasteiger partial charge in [-0.2, -0.15) is 0 Å². The van der Waals surface area contributed by atoms with Crippen LogP contribution in [-0.2, 0) is 0 Å². The molecule has 0 bridgehead atoms. The van der Waals surface area contributed by atoms with E-state index in [4.69, 9.17) is 4.74 Å². The standard InChI is InChI=1S/C17H21NO/c1-13-5-4-6-16(12-13)18-9-10-19-17-8-7-14(2)11-15(17)3/h4-8,11-12,18H,9-10H2,1-3H3. The highest BCUT2D eigenvalue weighted by Gasteiger charge is 1.99. The van der Waals surface area contributed by atoms with Crippen LogP contribution in [0, 0.1) is 20.8 Å². The molecule has 0 fully saturated rings. The molecule has 0 radical (unpaired) electrons. The first-order chi connectivity index (χ1) is 9.15. The first kappa shape index (κ1) is 13.5. The Kier molecular flexibility index (Phi) is 4.45. The van der Waals surface area contributed by atoms with Crippen molar-refractivity contribution in [2.75, 3.05) is 18.5 Å². The highest BCUT2D eigenvalue weighted by molar-refractivity contribution is 5.45. The maximum Gasteiger partial charge on any atom is 0.122 e. The predicted octanol–water partition coefficient (Wildman–Crippen LogP) is 4.10. The third-order valence-corrected chi connectivity index (χ3v) is 3.04. The minimum atomic E-state index is 0.665. The number of benzene rings is 2. The van der Waals surface area contributed by atoms with Crippen molar-refractivity contribution in [3.63, 3.8) is 0 Å². The zero-order valence-electron chi connectivity index (χ0n) is 11.9. The Labute approximate surface area is 115 Å². The van der Waals surface area contributed by atoms with Crippen LogP contribution in [0.1, 0.15) is 16.7 Å². The molecule has 0 saturated heterocycles. The zero-order valence-corrected chi connectivity index (χ0v) is 11.9. The molecule has 2 heteroatoms. The SMILES string of the molecule is Cc1cccc(NCCOc2ccc(C)cc2C)c1. The third kappa shape index (κ3) is 4.02. The van der Waals surface area contributed by atoms with Crippen molar-refractivity contribution in [3.8, 4) is 5.75 Å². The van der Waals surface area contributed by atoms with E-state index >= 15 is 0 Å². The van der Waals surface area contributed by atoms with Crippen LogP contribution >= 0.6 is 0 Å². The number of rotatable bonds is 5. The molecule has 0 aliphatic heterocycles. The maximum atomic E-state index is 5.78. The van der Waals surface area contributed by atoms with Gasteiger partial charge in [0.1, 0.15) is 12.4 Å². The molecule has 1 N–H and O–H groups in total. The van der Waals surface area contributed by atoms with Crippen LogP contribution in [0.2, 0.25) is 0 Å². The van der Waals surface area contributed by atoms with Crippen molar-refractivity contribution in [2.45, 2.75) is 20.8 Å². The summed E-state index contributed by atoms with van der Waals surface area (Å²) >= 11 is 0. The van der Waals surface area contributed by atoms with Crippen LogP contribution in [0.4, 0.5) is 5.69 Å². The van der Waals surface area contributed by atoms with Gasteiger partial charge in [-0.15, -0.1) is 0 Å². The summed E-state index contributed by atoms with van der Waals surface area (Å²) in [5.74, 6) is 0.969. The predicted molar refractivity (Wildman–Crippen MR) is 81.1 cm³/mol. The molecular weight excluding hydrogens is 234 g/mol. The summed E-state index contributed by atoms with van der Waals surface area (Å²) in [7, 11) is 0. The van der Waals surface area contributed by atoms with Gasteiger partial charge in [-0.05, 0) is 50.1 Å². The van der Waals surface area contributed by atoms with E-state index in [9.17, 15) is 0 Å². The van der Waals surface area contributed by atoms with Crippen LogP contribution < -0.4 is 10.1 Å². The summed E-state index contributed by atoms with van der Waals surface area (Å²) in [6.45, 7) is 7.73. The number of hydrogen-bond donors (Lipinski definition) is 1. The molecule has 0 spiro atoms. The number of ether oxygens (including phenoxy) is 1. The van der Waals surface area contributed by atoms with E-state index < -0.39 is 0 Å². The normalized spacial score (nSPS) is 10.3. The van der Waals surface area contributed by atoms with Crippen molar-refractivity contribution in [3.05, 3.63) is 59.2 Å². The Morgan fingerprint density at radius 1 is 0.947 bits per heavy atom. The van der Waals surface area contributed by atoms with Gasteiger partial charge in [-0.25, -0.2) is 0 Å². The molecule has 0 saturated carbocycles. The summed E-state index contributed by atoms with van der Waals surface area (Å²) in [5, 5.41) is 3.36. The smallest absolute Gasteiger partial charge is 0.122 e. The van der Waals surface area contributed by atoms with E-state index in [2.05, 4.69) is 62.5 Å².